The molecule has 116 valence electrons. The monoisotopic (exact) mass is 321 g/mol. The average Bonchev–Trinajstić information content (AvgIpc) is 2.57. The summed E-state index contributed by atoms with van der Waals surface area (Å²) in [6.45, 7) is 2.81. The van der Waals surface area contributed by atoms with Crippen molar-refractivity contribution in [3.63, 3.8) is 0 Å². The van der Waals surface area contributed by atoms with Crippen LogP contribution in [0.4, 0.5) is 17.6 Å². The minimum absolute atomic E-state index is 0.271. The van der Waals surface area contributed by atoms with Crippen molar-refractivity contribution in [2.75, 3.05) is 43.6 Å². The number of nitrogens with one attached hydrogen (secondary N) is 1. The summed E-state index contributed by atoms with van der Waals surface area (Å²) >= 11 is 5.88. The average molecular weight is 322 g/mol. The fraction of sp³-hybridized carbons (Fsp3) is 0.357. The van der Waals surface area contributed by atoms with E-state index < -0.39 is 0 Å². The lowest BCUT2D eigenvalue weighted by molar-refractivity contribution is 0.122. The Morgan fingerprint density at radius 3 is 2.55 bits per heavy atom. The number of rotatable bonds is 4. The third-order valence-electron chi connectivity index (χ3n) is 3.18. The fourth-order valence-corrected chi connectivity index (χ4v) is 2.19. The van der Waals surface area contributed by atoms with Crippen LogP contribution >= 0.6 is 11.6 Å². The molecular weight excluding hydrogens is 306 g/mol. The summed E-state index contributed by atoms with van der Waals surface area (Å²) in [5.74, 6) is 1.00. The Hall–Kier alpha value is -2.12. The van der Waals surface area contributed by atoms with Crippen LogP contribution in [0.15, 0.2) is 24.3 Å². The van der Waals surface area contributed by atoms with Crippen molar-refractivity contribution in [1.82, 2.24) is 15.0 Å². The molecule has 2 heterocycles. The van der Waals surface area contributed by atoms with E-state index in [-0.39, 0.29) is 6.01 Å². The number of methoxy groups -OCH3 is 1. The highest BCUT2D eigenvalue weighted by atomic mass is 35.5. The summed E-state index contributed by atoms with van der Waals surface area (Å²) in [5, 5.41) is 3.80. The zero-order valence-corrected chi connectivity index (χ0v) is 12.9. The molecule has 1 aromatic carbocycles. The van der Waals surface area contributed by atoms with Crippen molar-refractivity contribution in [2.24, 2.45) is 0 Å². The van der Waals surface area contributed by atoms with Crippen molar-refractivity contribution in [1.29, 1.82) is 0 Å². The standard InChI is InChI=1S/C14H16ClN5O2/c1-21-14-18-12(16-11-4-2-10(15)3-5-11)17-13(19-14)20-6-8-22-9-7-20/h2-5H,6-9H2,1H3,(H,16,17,18,19). The second kappa shape index (κ2) is 6.76. The van der Waals surface area contributed by atoms with Gasteiger partial charge in [-0.3, -0.25) is 0 Å². The molecule has 2 aromatic rings. The molecule has 0 saturated carbocycles. The number of nitrogens with zero attached hydrogens (tertiary/aromatic N) is 4. The number of hydrogen-bond donors (Lipinski definition) is 1. The molecule has 0 bridgehead atoms. The van der Waals surface area contributed by atoms with Gasteiger partial charge in [-0.1, -0.05) is 11.6 Å². The van der Waals surface area contributed by atoms with E-state index in [1.165, 1.54) is 7.11 Å². The molecule has 1 N–H and O–H groups in total. The van der Waals surface area contributed by atoms with Gasteiger partial charge in [0.05, 0.1) is 20.3 Å². The summed E-state index contributed by atoms with van der Waals surface area (Å²) in [6, 6.07) is 7.57. The summed E-state index contributed by atoms with van der Waals surface area (Å²) in [5.41, 5.74) is 0.839. The van der Waals surface area contributed by atoms with Gasteiger partial charge in [0.2, 0.25) is 11.9 Å². The lowest BCUT2D eigenvalue weighted by Crippen LogP contribution is -2.37. The summed E-state index contributed by atoms with van der Waals surface area (Å²) in [7, 11) is 1.53. The van der Waals surface area contributed by atoms with Crippen LogP contribution < -0.4 is 15.0 Å². The number of aromatic nitrogens is 3. The molecule has 1 aliphatic heterocycles. The largest absolute Gasteiger partial charge is 0.467 e. The topological polar surface area (TPSA) is 72.4 Å². The molecule has 1 aromatic heterocycles. The van der Waals surface area contributed by atoms with E-state index in [1.54, 1.807) is 12.1 Å². The number of hydrogen-bond acceptors (Lipinski definition) is 7. The molecule has 0 unspecified atom stereocenters. The summed E-state index contributed by atoms with van der Waals surface area (Å²) in [6.07, 6.45) is 0. The number of halogens is 1. The molecule has 1 aliphatic rings. The Labute approximate surface area is 133 Å². The maximum Gasteiger partial charge on any atom is 0.322 e. The van der Waals surface area contributed by atoms with Gasteiger partial charge in [-0.15, -0.1) is 0 Å². The van der Waals surface area contributed by atoms with Gasteiger partial charge < -0.3 is 19.7 Å². The smallest absolute Gasteiger partial charge is 0.322 e. The van der Waals surface area contributed by atoms with Crippen molar-refractivity contribution in [3.8, 4) is 6.01 Å². The zero-order valence-electron chi connectivity index (χ0n) is 12.1. The van der Waals surface area contributed by atoms with Crippen LogP contribution in [0.1, 0.15) is 0 Å². The first-order valence-corrected chi connectivity index (χ1v) is 7.28. The predicted octanol–water partition coefficient (Wildman–Crippen LogP) is 2.11. The fourth-order valence-electron chi connectivity index (χ4n) is 2.06. The van der Waals surface area contributed by atoms with Crippen LogP contribution in [-0.2, 0) is 4.74 Å². The number of benzene rings is 1. The van der Waals surface area contributed by atoms with Crippen molar-refractivity contribution in [3.05, 3.63) is 29.3 Å². The highest BCUT2D eigenvalue weighted by Gasteiger charge is 2.16. The van der Waals surface area contributed by atoms with E-state index >= 15 is 0 Å². The molecule has 0 radical (unpaired) electrons. The Bertz CT molecular complexity index is 632. The van der Waals surface area contributed by atoms with Gasteiger partial charge in [-0.25, -0.2) is 0 Å². The molecule has 22 heavy (non-hydrogen) atoms. The summed E-state index contributed by atoms with van der Waals surface area (Å²) in [4.78, 5) is 15.0. The number of ether oxygens (including phenoxy) is 2. The van der Waals surface area contributed by atoms with E-state index in [4.69, 9.17) is 21.1 Å². The highest BCUT2D eigenvalue weighted by molar-refractivity contribution is 6.30. The Kier molecular flexibility index (Phi) is 4.55. The van der Waals surface area contributed by atoms with E-state index in [1.807, 2.05) is 17.0 Å². The van der Waals surface area contributed by atoms with Crippen molar-refractivity contribution in [2.45, 2.75) is 0 Å². The second-order valence-electron chi connectivity index (χ2n) is 4.68. The van der Waals surface area contributed by atoms with Gasteiger partial charge in [-0.2, -0.15) is 15.0 Å². The first kappa shape index (κ1) is 14.8. The van der Waals surface area contributed by atoms with Gasteiger partial charge in [0, 0.05) is 23.8 Å². The number of anilines is 3. The molecule has 0 spiro atoms. The second-order valence-corrected chi connectivity index (χ2v) is 5.11. The molecule has 0 atom stereocenters. The van der Waals surface area contributed by atoms with Crippen LogP contribution in [0.2, 0.25) is 5.02 Å². The normalized spacial score (nSPS) is 14.7. The molecule has 0 aliphatic carbocycles. The molecule has 7 nitrogen and oxygen atoms in total. The maximum atomic E-state index is 5.88. The van der Waals surface area contributed by atoms with Gasteiger partial charge in [-0.05, 0) is 24.3 Å². The third-order valence-corrected chi connectivity index (χ3v) is 3.43. The van der Waals surface area contributed by atoms with E-state index in [9.17, 15) is 0 Å². The molecule has 3 rings (SSSR count). The molecule has 1 saturated heterocycles. The number of morpholine rings is 1. The minimum Gasteiger partial charge on any atom is -0.467 e. The zero-order chi connectivity index (χ0) is 15.4. The molecular formula is C14H16ClN5O2. The highest BCUT2D eigenvalue weighted by Crippen LogP contribution is 2.20. The Morgan fingerprint density at radius 1 is 1.14 bits per heavy atom. The van der Waals surface area contributed by atoms with Gasteiger partial charge in [0.1, 0.15) is 0 Å². The molecule has 0 amide bonds. The minimum atomic E-state index is 0.271. The first-order valence-electron chi connectivity index (χ1n) is 6.90. The van der Waals surface area contributed by atoms with E-state index in [0.29, 0.717) is 30.1 Å². The predicted molar refractivity (Wildman–Crippen MR) is 84.1 cm³/mol. The van der Waals surface area contributed by atoms with Crippen LogP contribution in [0.5, 0.6) is 6.01 Å². The lowest BCUT2D eigenvalue weighted by Gasteiger charge is -2.26. The van der Waals surface area contributed by atoms with Gasteiger partial charge in [0.25, 0.3) is 0 Å². The van der Waals surface area contributed by atoms with Crippen LogP contribution in [0, 0.1) is 0 Å². The molecule has 1 fully saturated rings. The summed E-state index contributed by atoms with van der Waals surface area (Å²) < 4.78 is 10.5. The maximum absolute atomic E-state index is 5.88. The van der Waals surface area contributed by atoms with Crippen LogP contribution in [-0.4, -0.2) is 48.4 Å². The Morgan fingerprint density at radius 2 is 1.86 bits per heavy atom. The van der Waals surface area contributed by atoms with Gasteiger partial charge >= 0.3 is 6.01 Å². The van der Waals surface area contributed by atoms with Crippen molar-refractivity contribution < 1.29 is 9.47 Å². The SMILES string of the molecule is COc1nc(Nc2ccc(Cl)cc2)nc(N2CCOCC2)n1. The molecule has 8 heteroatoms. The van der Waals surface area contributed by atoms with E-state index in [0.717, 1.165) is 18.8 Å². The Balaban J connectivity index is 1.84. The van der Waals surface area contributed by atoms with Gasteiger partial charge in [0.15, 0.2) is 0 Å². The van der Waals surface area contributed by atoms with Crippen LogP contribution in [0.25, 0.3) is 0 Å². The quantitative estimate of drug-likeness (QED) is 0.924. The van der Waals surface area contributed by atoms with Crippen molar-refractivity contribution >= 4 is 29.2 Å². The van der Waals surface area contributed by atoms with E-state index in [2.05, 4.69) is 20.3 Å². The first-order chi connectivity index (χ1) is 10.7. The third kappa shape index (κ3) is 3.55. The van der Waals surface area contributed by atoms with Crippen LogP contribution in [0.3, 0.4) is 0 Å². The lowest BCUT2D eigenvalue weighted by atomic mass is 10.3.